The highest BCUT2D eigenvalue weighted by atomic mass is 32.2. The summed E-state index contributed by atoms with van der Waals surface area (Å²) in [4.78, 5) is 11.3. The molecule has 0 unspecified atom stereocenters. The third-order valence-electron chi connectivity index (χ3n) is 4.43. The van der Waals surface area contributed by atoms with Crippen molar-refractivity contribution in [1.82, 2.24) is 4.31 Å². The molecule has 1 saturated carbocycles. The van der Waals surface area contributed by atoms with E-state index in [0.29, 0.717) is 18.7 Å². The average molecular weight is 324 g/mol. The second kappa shape index (κ2) is 5.98. The molecule has 6 nitrogen and oxygen atoms in total. The number of carbonyl (C=O) groups is 1. The molecule has 2 fully saturated rings. The lowest BCUT2D eigenvalue weighted by Crippen LogP contribution is -2.54. The topological polar surface area (TPSA) is 89.7 Å². The highest BCUT2D eigenvalue weighted by Crippen LogP contribution is 2.32. The Balaban J connectivity index is 1.89. The van der Waals surface area contributed by atoms with Gasteiger partial charge in [-0.15, -0.1) is 0 Å². The summed E-state index contributed by atoms with van der Waals surface area (Å²) in [7, 11) is -3.57. The van der Waals surface area contributed by atoms with Crippen LogP contribution >= 0.6 is 0 Å². The molecule has 1 aromatic rings. The van der Waals surface area contributed by atoms with Crippen molar-refractivity contribution in [3.8, 4) is 0 Å². The Morgan fingerprint density at radius 1 is 1.18 bits per heavy atom. The van der Waals surface area contributed by atoms with E-state index >= 15 is 0 Å². The second-order valence-electron chi connectivity index (χ2n) is 5.77. The molecule has 1 saturated heterocycles. The van der Waals surface area contributed by atoms with Crippen LogP contribution in [0, 0.1) is 0 Å². The van der Waals surface area contributed by atoms with Crippen LogP contribution in [0.1, 0.15) is 36.0 Å². The van der Waals surface area contributed by atoms with Crippen molar-refractivity contribution >= 4 is 15.9 Å². The maximum atomic E-state index is 12.9. The monoisotopic (exact) mass is 324 g/mol. The first-order valence-corrected chi connectivity index (χ1v) is 8.97. The number of amides is 1. The first kappa shape index (κ1) is 15.5. The van der Waals surface area contributed by atoms with Crippen LogP contribution in [0.25, 0.3) is 0 Å². The number of hydrogen-bond donors (Lipinski definition) is 1. The minimum atomic E-state index is -3.57. The van der Waals surface area contributed by atoms with Crippen LogP contribution in [-0.2, 0) is 14.8 Å². The van der Waals surface area contributed by atoms with Gasteiger partial charge in [-0.3, -0.25) is 4.79 Å². The Morgan fingerprint density at radius 3 is 2.55 bits per heavy atom. The first-order valence-electron chi connectivity index (χ1n) is 7.53. The van der Waals surface area contributed by atoms with E-state index < -0.39 is 15.9 Å². The maximum Gasteiger partial charge on any atom is 0.248 e. The number of benzene rings is 1. The molecule has 0 bridgehead atoms. The van der Waals surface area contributed by atoms with Crippen LogP contribution in [0.3, 0.4) is 0 Å². The molecule has 3 rings (SSSR count). The van der Waals surface area contributed by atoms with Gasteiger partial charge in [-0.1, -0.05) is 12.8 Å². The third kappa shape index (κ3) is 2.76. The molecular weight excluding hydrogens is 304 g/mol. The quantitative estimate of drug-likeness (QED) is 0.902. The summed E-state index contributed by atoms with van der Waals surface area (Å²) in [6.07, 6.45) is 3.86. The molecule has 2 aliphatic rings. The van der Waals surface area contributed by atoms with E-state index in [1.807, 2.05) is 0 Å². The predicted molar refractivity (Wildman–Crippen MR) is 80.8 cm³/mol. The van der Waals surface area contributed by atoms with Gasteiger partial charge in [-0.2, -0.15) is 4.31 Å². The molecule has 120 valence electrons. The van der Waals surface area contributed by atoms with Gasteiger partial charge >= 0.3 is 0 Å². The molecule has 1 amide bonds. The molecular formula is C15H20N2O4S. The summed E-state index contributed by atoms with van der Waals surface area (Å²) in [6.45, 7) is 0.806. The molecule has 0 spiro atoms. The van der Waals surface area contributed by atoms with E-state index in [-0.39, 0.29) is 17.0 Å². The van der Waals surface area contributed by atoms with Crippen LogP contribution in [-0.4, -0.2) is 43.9 Å². The van der Waals surface area contributed by atoms with Crippen molar-refractivity contribution < 1.29 is 17.9 Å². The van der Waals surface area contributed by atoms with Gasteiger partial charge in [-0.25, -0.2) is 8.42 Å². The smallest absolute Gasteiger partial charge is 0.248 e. The lowest BCUT2D eigenvalue weighted by molar-refractivity contribution is -0.0586. The normalized spacial score (nSPS) is 26.4. The number of primary amides is 1. The molecule has 7 heteroatoms. The van der Waals surface area contributed by atoms with Crippen LogP contribution in [0.4, 0.5) is 0 Å². The highest BCUT2D eigenvalue weighted by Gasteiger charge is 2.40. The van der Waals surface area contributed by atoms with Gasteiger partial charge in [0.15, 0.2) is 0 Å². The summed E-state index contributed by atoms with van der Waals surface area (Å²) in [5.74, 6) is -0.567. The largest absolute Gasteiger partial charge is 0.375 e. The molecule has 1 aliphatic carbocycles. The highest BCUT2D eigenvalue weighted by molar-refractivity contribution is 7.89. The number of nitrogens with two attached hydrogens (primary N) is 1. The number of ether oxygens (including phenoxy) is 1. The zero-order valence-corrected chi connectivity index (χ0v) is 13.1. The van der Waals surface area contributed by atoms with Crippen LogP contribution in [0.2, 0.25) is 0 Å². The number of carbonyl (C=O) groups excluding carboxylic acids is 1. The van der Waals surface area contributed by atoms with Crippen LogP contribution in [0.15, 0.2) is 29.2 Å². The Hall–Kier alpha value is -1.44. The van der Waals surface area contributed by atoms with Crippen LogP contribution in [0.5, 0.6) is 0 Å². The fraction of sp³-hybridized carbons (Fsp3) is 0.533. The number of fused-ring (bicyclic) bond motifs is 1. The van der Waals surface area contributed by atoms with Crippen molar-refractivity contribution in [2.75, 3.05) is 13.2 Å². The number of morpholine rings is 1. The van der Waals surface area contributed by atoms with Crippen molar-refractivity contribution in [2.45, 2.75) is 42.7 Å². The van der Waals surface area contributed by atoms with Gasteiger partial charge in [0.1, 0.15) is 0 Å². The summed E-state index contributed by atoms with van der Waals surface area (Å²) in [5.41, 5.74) is 5.49. The van der Waals surface area contributed by atoms with Gasteiger partial charge in [0.05, 0.1) is 23.6 Å². The lowest BCUT2D eigenvalue weighted by Gasteiger charge is -2.42. The summed E-state index contributed by atoms with van der Waals surface area (Å²) >= 11 is 0. The number of sulfonamides is 1. The van der Waals surface area contributed by atoms with Gasteiger partial charge in [-0.05, 0) is 37.1 Å². The first-order chi connectivity index (χ1) is 10.5. The minimum Gasteiger partial charge on any atom is -0.375 e. The minimum absolute atomic E-state index is 0.00201. The lowest BCUT2D eigenvalue weighted by atomic mass is 9.91. The van der Waals surface area contributed by atoms with E-state index in [1.165, 1.54) is 24.3 Å². The summed E-state index contributed by atoms with van der Waals surface area (Å²) in [5, 5.41) is 0. The molecule has 1 heterocycles. The van der Waals surface area contributed by atoms with Crippen molar-refractivity contribution in [3.63, 3.8) is 0 Å². The Bertz CT molecular complexity index is 655. The Kier molecular flexibility index (Phi) is 4.20. The molecule has 2 N–H and O–H groups in total. The zero-order chi connectivity index (χ0) is 15.7. The van der Waals surface area contributed by atoms with Crippen molar-refractivity contribution in [1.29, 1.82) is 0 Å². The van der Waals surface area contributed by atoms with E-state index in [4.69, 9.17) is 10.5 Å². The molecule has 1 aromatic carbocycles. The SMILES string of the molecule is NC(=O)c1ccc(S(=O)(=O)N2CCO[C@H]3CCCC[C@@H]32)cc1. The van der Waals surface area contributed by atoms with Crippen molar-refractivity contribution in [3.05, 3.63) is 29.8 Å². The van der Waals surface area contributed by atoms with Crippen molar-refractivity contribution in [2.24, 2.45) is 5.73 Å². The standard InChI is InChI=1S/C15H20N2O4S/c16-15(18)11-5-7-12(8-6-11)22(19,20)17-9-10-21-14-4-2-1-3-13(14)17/h5-8,13-14H,1-4,9-10H2,(H2,16,18)/t13-,14-/m0/s1. The number of nitrogens with zero attached hydrogens (tertiary/aromatic N) is 1. The fourth-order valence-corrected chi connectivity index (χ4v) is 4.95. The zero-order valence-electron chi connectivity index (χ0n) is 12.3. The summed E-state index contributed by atoms with van der Waals surface area (Å²) < 4.78 is 33.1. The Labute approximate surface area is 130 Å². The maximum absolute atomic E-state index is 12.9. The van der Waals surface area contributed by atoms with E-state index in [0.717, 1.165) is 25.7 Å². The van der Waals surface area contributed by atoms with Gasteiger partial charge < -0.3 is 10.5 Å². The van der Waals surface area contributed by atoms with Gasteiger partial charge in [0.2, 0.25) is 15.9 Å². The van der Waals surface area contributed by atoms with Gasteiger partial charge in [0.25, 0.3) is 0 Å². The molecule has 1 aliphatic heterocycles. The third-order valence-corrected chi connectivity index (χ3v) is 6.37. The molecule has 2 atom stereocenters. The van der Waals surface area contributed by atoms with E-state index in [2.05, 4.69) is 0 Å². The van der Waals surface area contributed by atoms with E-state index in [1.54, 1.807) is 4.31 Å². The number of rotatable bonds is 3. The molecule has 22 heavy (non-hydrogen) atoms. The molecule has 0 radical (unpaired) electrons. The molecule has 0 aromatic heterocycles. The van der Waals surface area contributed by atoms with E-state index in [9.17, 15) is 13.2 Å². The van der Waals surface area contributed by atoms with Gasteiger partial charge in [0, 0.05) is 12.1 Å². The Morgan fingerprint density at radius 2 is 1.86 bits per heavy atom. The summed E-state index contributed by atoms with van der Waals surface area (Å²) in [6, 6.07) is 5.72. The van der Waals surface area contributed by atoms with Crippen LogP contribution < -0.4 is 5.73 Å². The second-order valence-corrected chi connectivity index (χ2v) is 7.66. The predicted octanol–water partition coefficient (Wildman–Crippen LogP) is 1.12. The number of hydrogen-bond acceptors (Lipinski definition) is 4. The fourth-order valence-electron chi connectivity index (χ4n) is 3.29. The average Bonchev–Trinajstić information content (AvgIpc) is 2.54.